The van der Waals surface area contributed by atoms with Crippen LogP contribution >= 0.6 is 22.9 Å². The summed E-state index contributed by atoms with van der Waals surface area (Å²) in [6, 6.07) is 20.1. The Kier molecular flexibility index (Phi) is 7.67. The molecule has 1 unspecified atom stereocenters. The molecule has 41 heavy (non-hydrogen) atoms. The standard InChI is InChI=1S/C30H24ClFN4O3S2/c31-22-9-7-19(8-10-22)20-2-1-3-21(15-20)28-23(12-18-6-11-27(41(33)39)24(32)13-18)26(14-17-4-5-17)36(35-28)30-34-25(16-40-30)29(37)38/h1-3,6-11,13,15-17H,4-5,12,14,33H2,(H,37,38). The van der Waals surface area contributed by atoms with Gasteiger partial charge in [0.15, 0.2) is 11.5 Å². The predicted molar refractivity (Wildman–Crippen MR) is 158 cm³/mol. The highest BCUT2D eigenvalue weighted by atomic mass is 35.5. The average Bonchev–Trinajstić information content (AvgIpc) is 3.51. The maximum atomic E-state index is 14.8. The molecular weight excluding hydrogens is 583 g/mol. The van der Waals surface area contributed by atoms with Crippen LogP contribution in [0, 0.1) is 11.7 Å². The number of nitrogens with two attached hydrogens (primary N) is 1. The van der Waals surface area contributed by atoms with E-state index in [0.29, 0.717) is 33.8 Å². The molecule has 1 aliphatic rings. The number of carboxylic acids is 1. The molecule has 0 saturated heterocycles. The van der Waals surface area contributed by atoms with E-state index in [1.165, 1.54) is 28.8 Å². The molecule has 0 radical (unpaired) electrons. The Morgan fingerprint density at radius 1 is 1.12 bits per heavy atom. The Morgan fingerprint density at radius 3 is 2.54 bits per heavy atom. The van der Waals surface area contributed by atoms with Gasteiger partial charge in [-0.15, -0.1) is 16.5 Å². The second kappa shape index (κ2) is 11.4. The summed E-state index contributed by atoms with van der Waals surface area (Å²) in [5.74, 6) is -1.25. The van der Waals surface area contributed by atoms with Gasteiger partial charge in [-0.1, -0.05) is 48.0 Å². The second-order valence-corrected chi connectivity index (χ2v) is 12.3. The minimum absolute atomic E-state index is 0.0434. The van der Waals surface area contributed by atoms with E-state index >= 15 is 0 Å². The van der Waals surface area contributed by atoms with Crippen molar-refractivity contribution in [3.63, 3.8) is 0 Å². The first-order valence-corrected chi connectivity index (χ1v) is 15.3. The number of carboxylic acid groups (broad SMARTS) is 1. The molecule has 7 nitrogen and oxygen atoms in total. The van der Waals surface area contributed by atoms with Crippen LogP contribution in [0.25, 0.3) is 27.5 Å². The lowest BCUT2D eigenvalue weighted by Gasteiger charge is -2.10. The highest BCUT2D eigenvalue weighted by molar-refractivity contribution is 7.89. The highest BCUT2D eigenvalue weighted by Gasteiger charge is 2.29. The molecule has 208 valence electrons. The van der Waals surface area contributed by atoms with E-state index in [-0.39, 0.29) is 10.6 Å². The monoisotopic (exact) mass is 606 g/mol. The Bertz CT molecular complexity index is 1750. The second-order valence-electron chi connectivity index (χ2n) is 9.98. The van der Waals surface area contributed by atoms with Crippen LogP contribution in [0.3, 0.4) is 0 Å². The number of rotatable bonds is 9. The zero-order valence-electron chi connectivity index (χ0n) is 21.6. The van der Waals surface area contributed by atoms with Crippen molar-refractivity contribution >= 4 is 40.3 Å². The fourth-order valence-corrected chi connectivity index (χ4v) is 6.19. The normalized spacial score (nSPS) is 13.9. The Morgan fingerprint density at radius 2 is 1.88 bits per heavy atom. The molecule has 1 fully saturated rings. The van der Waals surface area contributed by atoms with Gasteiger partial charge in [-0.3, -0.25) is 0 Å². The molecule has 3 N–H and O–H groups in total. The molecule has 11 heteroatoms. The van der Waals surface area contributed by atoms with E-state index in [1.54, 1.807) is 10.7 Å². The van der Waals surface area contributed by atoms with Crippen LogP contribution in [-0.4, -0.2) is 30.4 Å². The van der Waals surface area contributed by atoms with Gasteiger partial charge in [-0.05, 0) is 72.2 Å². The summed E-state index contributed by atoms with van der Waals surface area (Å²) in [6.07, 6.45) is 3.27. The molecule has 0 bridgehead atoms. The summed E-state index contributed by atoms with van der Waals surface area (Å²) in [5, 5.41) is 22.5. The number of thiazole rings is 1. The Hall–Kier alpha value is -3.54. The van der Waals surface area contributed by atoms with Crippen molar-refractivity contribution < 1.29 is 18.8 Å². The van der Waals surface area contributed by atoms with Crippen LogP contribution in [0.1, 0.15) is 40.2 Å². The third kappa shape index (κ3) is 5.93. The van der Waals surface area contributed by atoms with Gasteiger partial charge in [0, 0.05) is 28.0 Å². The lowest BCUT2D eigenvalue weighted by molar-refractivity contribution is 0.0691. The zero-order valence-corrected chi connectivity index (χ0v) is 24.0. The average molecular weight is 607 g/mol. The first kappa shape index (κ1) is 27.6. The fourth-order valence-electron chi connectivity index (χ4n) is 4.84. The number of benzene rings is 3. The number of nitrogens with zero attached hydrogens (tertiary/aromatic N) is 3. The van der Waals surface area contributed by atoms with Gasteiger partial charge in [0.05, 0.1) is 22.7 Å². The van der Waals surface area contributed by atoms with E-state index in [2.05, 4.69) is 4.98 Å². The minimum atomic E-state index is -1.93. The summed E-state index contributed by atoms with van der Waals surface area (Å²) in [6.45, 7) is 0. The number of halogens is 2. The smallest absolute Gasteiger partial charge is 0.355 e. The van der Waals surface area contributed by atoms with Crippen molar-refractivity contribution in [3.8, 4) is 27.5 Å². The number of aromatic carboxylic acids is 1. The van der Waals surface area contributed by atoms with Crippen molar-refractivity contribution in [2.45, 2.75) is 30.6 Å². The van der Waals surface area contributed by atoms with Crippen LogP contribution in [0.2, 0.25) is 5.02 Å². The van der Waals surface area contributed by atoms with Gasteiger partial charge in [0.1, 0.15) is 0 Å². The summed E-state index contributed by atoms with van der Waals surface area (Å²) in [5.41, 5.74) is 5.98. The molecule has 2 heterocycles. The molecule has 3 aromatic carbocycles. The van der Waals surface area contributed by atoms with Crippen molar-refractivity contribution in [2.75, 3.05) is 0 Å². The minimum Gasteiger partial charge on any atom is -0.593 e. The molecule has 0 aliphatic heterocycles. The summed E-state index contributed by atoms with van der Waals surface area (Å²) < 4.78 is 28.3. The van der Waals surface area contributed by atoms with Crippen molar-refractivity contribution in [3.05, 3.63) is 105 Å². The van der Waals surface area contributed by atoms with Gasteiger partial charge in [0.25, 0.3) is 0 Å². The van der Waals surface area contributed by atoms with E-state index in [4.69, 9.17) is 21.8 Å². The topological polar surface area (TPSA) is 117 Å². The Labute approximate surface area is 247 Å². The van der Waals surface area contributed by atoms with Gasteiger partial charge >= 0.3 is 5.97 Å². The Balaban J connectivity index is 1.51. The SMILES string of the molecule is N[S+]([O-])c1ccc(Cc2c(-c3cccc(-c4ccc(Cl)cc4)c3)nn(-c3nc(C(=O)O)cs3)c2CC2CC2)cc1F. The first-order valence-electron chi connectivity index (χ1n) is 12.9. The third-order valence-electron chi connectivity index (χ3n) is 7.07. The van der Waals surface area contributed by atoms with Crippen molar-refractivity contribution in [1.29, 1.82) is 0 Å². The molecule has 5 aromatic rings. The molecule has 6 rings (SSSR count). The van der Waals surface area contributed by atoms with Gasteiger partial charge < -0.3 is 9.66 Å². The molecule has 0 spiro atoms. The van der Waals surface area contributed by atoms with Gasteiger partial charge in [-0.25, -0.2) is 18.9 Å². The largest absolute Gasteiger partial charge is 0.593 e. The van der Waals surface area contributed by atoms with Crippen molar-refractivity contribution in [1.82, 2.24) is 14.8 Å². The maximum absolute atomic E-state index is 14.8. The van der Waals surface area contributed by atoms with Crippen LogP contribution in [0.5, 0.6) is 0 Å². The highest BCUT2D eigenvalue weighted by Crippen LogP contribution is 2.39. The lowest BCUT2D eigenvalue weighted by atomic mass is 9.95. The number of carbonyl (C=O) groups is 1. The lowest BCUT2D eigenvalue weighted by Crippen LogP contribution is -2.14. The molecular formula is C30H24ClFN4O3S2. The van der Waals surface area contributed by atoms with Gasteiger partial charge in [0.2, 0.25) is 10.0 Å². The fraction of sp³-hybridized carbons (Fsp3) is 0.167. The molecule has 1 saturated carbocycles. The maximum Gasteiger partial charge on any atom is 0.355 e. The van der Waals surface area contributed by atoms with E-state index < -0.39 is 23.1 Å². The summed E-state index contributed by atoms with van der Waals surface area (Å²) >= 11 is 5.38. The number of aromatic nitrogens is 3. The van der Waals surface area contributed by atoms with Crippen LogP contribution in [0.15, 0.2) is 77.0 Å². The van der Waals surface area contributed by atoms with E-state index in [0.717, 1.165) is 47.2 Å². The molecule has 2 aromatic heterocycles. The molecule has 1 atom stereocenters. The quantitative estimate of drug-likeness (QED) is 0.181. The third-order valence-corrected chi connectivity index (χ3v) is 8.90. The van der Waals surface area contributed by atoms with E-state index in [9.17, 15) is 18.8 Å². The summed E-state index contributed by atoms with van der Waals surface area (Å²) in [7, 11) is 0. The number of hydrogen-bond acceptors (Lipinski definition) is 6. The summed E-state index contributed by atoms with van der Waals surface area (Å²) in [4.78, 5) is 15.9. The van der Waals surface area contributed by atoms with Crippen LogP contribution < -0.4 is 5.14 Å². The van der Waals surface area contributed by atoms with Crippen LogP contribution in [0.4, 0.5) is 4.39 Å². The predicted octanol–water partition coefficient (Wildman–Crippen LogP) is 6.68. The molecule has 1 aliphatic carbocycles. The van der Waals surface area contributed by atoms with E-state index in [1.807, 2.05) is 48.5 Å². The first-order chi connectivity index (χ1) is 19.8. The number of hydrogen-bond donors (Lipinski definition) is 2. The zero-order chi connectivity index (χ0) is 28.7. The van der Waals surface area contributed by atoms with Crippen molar-refractivity contribution in [2.24, 2.45) is 11.1 Å². The molecule has 0 amide bonds. The van der Waals surface area contributed by atoms with Crippen LogP contribution in [-0.2, 0) is 24.2 Å². The van der Waals surface area contributed by atoms with Gasteiger partial charge in [-0.2, -0.15) is 5.10 Å².